The Morgan fingerprint density at radius 3 is 2.17 bits per heavy atom. The first-order valence-corrected chi connectivity index (χ1v) is 6.22. The van der Waals surface area contributed by atoms with E-state index in [4.69, 9.17) is 5.73 Å². The van der Waals surface area contributed by atoms with Crippen LogP contribution in [0.3, 0.4) is 0 Å². The van der Waals surface area contributed by atoms with E-state index in [1.165, 1.54) is 0 Å². The minimum absolute atomic E-state index is 0. The van der Waals surface area contributed by atoms with Crippen LogP contribution in [0.2, 0.25) is 0 Å². The molecule has 0 heterocycles. The van der Waals surface area contributed by atoms with Gasteiger partial charge < -0.3 is 16.0 Å². The van der Waals surface area contributed by atoms with Crippen LogP contribution in [0.5, 0.6) is 0 Å². The van der Waals surface area contributed by atoms with Crippen LogP contribution in [0.25, 0.3) is 0 Å². The number of hydrogen-bond donors (Lipinski definition) is 2. The van der Waals surface area contributed by atoms with Gasteiger partial charge in [-0.2, -0.15) is 0 Å². The second-order valence-electron chi connectivity index (χ2n) is 4.59. The highest BCUT2D eigenvalue weighted by molar-refractivity contribution is 14.0. The molecule has 0 radical (unpaired) electrons. The van der Waals surface area contributed by atoms with Crippen molar-refractivity contribution < 1.29 is 4.79 Å². The number of halogens is 1. The van der Waals surface area contributed by atoms with Crippen molar-refractivity contribution in [3.63, 3.8) is 0 Å². The van der Waals surface area contributed by atoms with E-state index in [0.717, 1.165) is 13.1 Å². The van der Waals surface area contributed by atoms with Crippen molar-refractivity contribution in [3.8, 4) is 0 Å². The SMILES string of the molecule is CCNC(=O)C(C)(C)CN=C(N)N(CC)CC.I. The van der Waals surface area contributed by atoms with Gasteiger partial charge in [-0.1, -0.05) is 0 Å². The zero-order valence-electron chi connectivity index (χ0n) is 12.1. The number of carbonyl (C=O) groups is 1. The van der Waals surface area contributed by atoms with Crippen LogP contribution in [-0.4, -0.2) is 42.9 Å². The molecule has 0 aliphatic carbocycles. The van der Waals surface area contributed by atoms with E-state index in [1.807, 2.05) is 39.5 Å². The van der Waals surface area contributed by atoms with Gasteiger partial charge in [-0.05, 0) is 34.6 Å². The second-order valence-corrected chi connectivity index (χ2v) is 4.59. The highest BCUT2D eigenvalue weighted by Crippen LogP contribution is 2.15. The molecule has 0 aliphatic heterocycles. The average Bonchev–Trinajstić information content (AvgIpc) is 2.28. The van der Waals surface area contributed by atoms with Crippen molar-refractivity contribution in [2.75, 3.05) is 26.2 Å². The summed E-state index contributed by atoms with van der Waals surface area (Å²) in [5.74, 6) is 0.517. The molecule has 5 nitrogen and oxygen atoms in total. The number of nitrogens with two attached hydrogens (primary N) is 1. The van der Waals surface area contributed by atoms with Crippen LogP contribution >= 0.6 is 24.0 Å². The molecule has 0 saturated heterocycles. The Hall–Kier alpha value is -0.530. The predicted octanol–water partition coefficient (Wildman–Crippen LogP) is 1.42. The molecule has 1 amide bonds. The Morgan fingerprint density at radius 2 is 1.78 bits per heavy atom. The van der Waals surface area contributed by atoms with E-state index in [9.17, 15) is 4.79 Å². The van der Waals surface area contributed by atoms with Crippen molar-refractivity contribution in [1.29, 1.82) is 0 Å². The first-order chi connectivity index (χ1) is 7.88. The number of rotatable bonds is 6. The van der Waals surface area contributed by atoms with Gasteiger partial charge >= 0.3 is 0 Å². The van der Waals surface area contributed by atoms with Gasteiger partial charge in [-0.25, -0.2) is 0 Å². The number of amides is 1. The van der Waals surface area contributed by atoms with Gasteiger partial charge in [0.2, 0.25) is 5.91 Å². The third-order valence-electron chi connectivity index (χ3n) is 2.68. The van der Waals surface area contributed by atoms with E-state index in [0.29, 0.717) is 19.0 Å². The van der Waals surface area contributed by atoms with Crippen LogP contribution in [0.15, 0.2) is 4.99 Å². The molecule has 0 rings (SSSR count). The van der Waals surface area contributed by atoms with Crippen LogP contribution < -0.4 is 11.1 Å². The summed E-state index contributed by atoms with van der Waals surface area (Å²) < 4.78 is 0. The molecule has 0 aromatic heterocycles. The quantitative estimate of drug-likeness (QED) is 0.422. The van der Waals surface area contributed by atoms with Gasteiger partial charge in [-0.15, -0.1) is 24.0 Å². The molecule has 108 valence electrons. The van der Waals surface area contributed by atoms with Gasteiger partial charge in [-0.3, -0.25) is 9.79 Å². The third kappa shape index (κ3) is 6.42. The van der Waals surface area contributed by atoms with Crippen molar-refractivity contribution in [2.45, 2.75) is 34.6 Å². The Kier molecular flexibility index (Phi) is 10.3. The van der Waals surface area contributed by atoms with Crippen molar-refractivity contribution in [1.82, 2.24) is 10.2 Å². The van der Waals surface area contributed by atoms with E-state index >= 15 is 0 Å². The summed E-state index contributed by atoms with van der Waals surface area (Å²) in [6, 6.07) is 0. The van der Waals surface area contributed by atoms with Crippen LogP contribution in [0, 0.1) is 5.41 Å². The van der Waals surface area contributed by atoms with E-state index < -0.39 is 5.41 Å². The molecule has 0 spiro atoms. The van der Waals surface area contributed by atoms with Gasteiger partial charge in [0.25, 0.3) is 0 Å². The molecular weight excluding hydrogens is 343 g/mol. The monoisotopic (exact) mass is 370 g/mol. The summed E-state index contributed by atoms with van der Waals surface area (Å²) in [5, 5.41) is 2.80. The molecule has 18 heavy (non-hydrogen) atoms. The number of aliphatic imine (C=N–C) groups is 1. The Morgan fingerprint density at radius 1 is 1.28 bits per heavy atom. The maximum absolute atomic E-state index is 11.8. The third-order valence-corrected chi connectivity index (χ3v) is 2.68. The maximum Gasteiger partial charge on any atom is 0.227 e. The van der Waals surface area contributed by atoms with E-state index in [2.05, 4.69) is 10.3 Å². The van der Waals surface area contributed by atoms with Crippen molar-refractivity contribution >= 4 is 35.8 Å². The summed E-state index contributed by atoms with van der Waals surface area (Å²) in [5.41, 5.74) is 5.34. The fraction of sp³-hybridized carbons (Fsp3) is 0.833. The average molecular weight is 370 g/mol. The summed E-state index contributed by atoms with van der Waals surface area (Å²) in [6.45, 7) is 12.4. The molecule has 0 aromatic carbocycles. The van der Waals surface area contributed by atoms with Gasteiger partial charge in [0.1, 0.15) is 0 Å². The Balaban J connectivity index is 0. The largest absolute Gasteiger partial charge is 0.370 e. The lowest BCUT2D eigenvalue weighted by Gasteiger charge is -2.24. The smallest absolute Gasteiger partial charge is 0.227 e. The number of carbonyl (C=O) groups excluding carboxylic acids is 1. The van der Waals surface area contributed by atoms with Crippen LogP contribution in [-0.2, 0) is 4.79 Å². The van der Waals surface area contributed by atoms with Gasteiger partial charge in [0.15, 0.2) is 5.96 Å². The molecule has 0 aliphatic rings. The number of nitrogens with one attached hydrogen (secondary N) is 1. The minimum Gasteiger partial charge on any atom is -0.370 e. The zero-order chi connectivity index (χ0) is 13.5. The molecule has 0 atom stereocenters. The van der Waals surface area contributed by atoms with E-state index in [-0.39, 0.29) is 29.9 Å². The molecule has 0 bridgehead atoms. The lowest BCUT2D eigenvalue weighted by Crippen LogP contribution is -2.41. The Labute approximate surface area is 128 Å². The molecule has 0 saturated carbocycles. The molecule has 0 aromatic rings. The van der Waals surface area contributed by atoms with E-state index in [1.54, 1.807) is 0 Å². The predicted molar refractivity (Wildman–Crippen MR) is 87.3 cm³/mol. The van der Waals surface area contributed by atoms with Crippen molar-refractivity contribution in [2.24, 2.45) is 16.1 Å². The van der Waals surface area contributed by atoms with Crippen LogP contribution in [0.1, 0.15) is 34.6 Å². The topological polar surface area (TPSA) is 70.7 Å². The number of hydrogen-bond acceptors (Lipinski definition) is 2. The summed E-state index contributed by atoms with van der Waals surface area (Å²) in [6.07, 6.45) is 0. The van der Waals surface area contributed by atoms with Crippen LogP contribution in [0.4, 0.5) is 0 Å². The first kappa shape index (κ1) is 19.8. The summed E-state index contributed by atoms with van der Waals surface area (Å²) in [7, 11) is 0. The van der Waals surface area contributed by atoms with Gasteiger partial charge in [0.05, 0.1) is 12.0 Å². The lowest BCUT2D eigenvalue weighted by molar-refractivity contribution is -0.128. The standard InChI is InChI=1S/C12H26N4O.HI/c1-6-14-10(17)12(4,5)9-15-11(13)16(7-2)8-3;/h6-9H2,1-5H3,(H2,13,15)(H,14,17);1H. The second kappa shape index (κ2) is 9.41. The highest BCUT2D eigenvalue weighted by Gasteiger charge is 2.26. The molecule has 6 heteroatoms. The molecule has 0 fully saturated rings. The number of guanidine groups is 1. The van der Waals surface area contributed by atoms with Crippen molar-refractivity contribution in [3.05, 3.63) is 0 Å². The number of nitrogens with zero attached hydrogens (tertiary/aromatic N) is 2. The zero-order valence-corrected chi connectivity index (χ0v) is 14.4. The first-order valence-electron chi connectivity index (χ1n) is 6.22. The molecule has 3 N–H and O–H groups in total. The maximum atomic E-state index is 11.8. The summed E-state index contributed by atoms with van der Waals surface area (Å²) in [4.78, 5) is 18.0. The minimum atomic E-state index is -0.520. The summed E-state index contributed by atoms with van der Waals surface area (Å²) >= 11 is 0. The fourth-order valence-corrected chi connectivity index (χ4v) is 1.40. The Bertz CT molecular complexity index is 275. The highest BCUT2D eigenvalue weighted by atomic mass is 127. The molecular formula is C12H27IN4O. The fourth-order valence-electron chi connectivity index (χ4n) is 1.40. The normalized spacial score (nSPS) is 11.7. The molecule has 0 unspecified atom stereocenters. The van der Waals surface area contributed by atoms with Gasteiger partial charge in [0, 0.05) is 19.6 Å². The lowest BCUT2D eigenvalue weighted by atomic mass is 9.92.